The van der Waals surface area contributed by atoms with E-state index in [0.29, 0.717) is 5.69 Å². The first kappa shape index (κ1) is 22.7. The second kappa shape index (κ2) is 10.8. The molecule has 4 heteroatoms. The van der Waals surface area contributed by atoms with Crippen LogP contribution in [0.3, 0.4) is 0 Å². The number of benzene rings is 3. The molecule has 28 heavy (non-hydrogen) atoms. The van der Waals surface area contributed by atoms with E-state index in [-0.39, 0.29) is 24.8 Å². The number of allylic oxidation sites excluding steroid dienone is 2. The third-order valence-electron chi connectivity index (χ3n) is 4.71. The van der Waals surface area contributed by atoms with Gasteiger partial charge in [0, 0.05) is 0 Å². The second-order valence-corrected chi connectivity index (χ2v) is 10.3. The van der Waals surface area contributed by atoms with E-state index in [9.17, 15) is 0 Å². The van der Waals surface area contributed by atoms with Crippen LogP contribution in [0.15, 0.2) is 91.0 Å². The van der Waals surface area contributed by atoms with E-state index in [4.69, 9.17) is 5.73 Å². The molecule has 2 atom stereocenters. The summed E-state index contributed by atoms with van der Waals surface area (Å²) in [5, 5.41) is 0. The number of hydrogen-bond donors (Lipinski definition) is 0. The Labute approximate surface area is 191 Å². The van der Waals surface area contributed by atoms with Gasteiger partial charge in [-0.2, -0.15) is 5.73 Å². The van der Waals surface area contributed by atoms with Gasteiger partial charge in [0.15, 0.2) is 0 Å². The average molecular weight is 484 g/mol. The minimum atomic E-state index is -0.542. The quantitative estimate of drug-likeness (QED) is 0.490. The molecule has 5 rings (SSSR count). The van der Waals surface area contributed by atoms with Gasteiger partial charge in [0.2, 0.25) is 0 Å². The summed E-state index contributed by atoms with van der Waals surface area (Å²) in [5.74, 6) is 0. The van der Waals surface area contributed by atoms with Gasteiger partial charge in [-0.25, -0.2) is 0 Å². The Morgan fingerprint density at radius 3 is 1.43 bits per heavy atom. The van der Waals surface area contributed by atoms with Crippen molar-refractivity contribution in [3.8, 4) is 0 Å². The molecule has 0 amide bonds. The van der Waals surface area contributed by atoms with E-state index in [2.05, 4.69) is 72.8 Å². The van der Waals surface area contributed by atoms with Crippen molar-refractivity contribution in [2.75, 3.05) is 0 Å². The second-order valence-electron chi connectivity index (χ2n) is 6.43. The predicted octanol–water partition coefficient (Wildman–Crippen LogP) is -0.0001000. The zero-order valence-electron chi connectivity index (χ0n) is 15.2. The molecule has 2 unspecified atom stereocenters. The summed E-state index contributed by atoms with van der Waals surface area (Å²) in [4.78, 5) is 0. The molecule has 3 aromatic rings. The molecule has 2 aliphatic rings. The van der Waals surface area contributed by atoms with Crippen molar-refractivity contribution in [3.63, 3.8) is 0 Å². The molecular weight excluding hydrogens is 464 g/mol. The Kier molecular flexibility index (Phi) is 8.76. The molecular formula is C24H19Cl2NZr. The van der Waals surface area contributed by atoms with Gasteiger partial charge in [0.1, 0.15) is 0 Å². The number of fused-ring (bicyclic) bond motifs is 2. The Balaban J connectivity index is 0.000000269. The summed E-state index contributed by atoms with van der Waals surface area (Å²) in [6.45, 7) is 0. The van der Waals surface area contributed by atoms with Crippen LogP contribution in [0.25, 0.3) is 12.2 Å². The van der Waals surface area contributed by atoms with Crippen LogP contribution in [0.5, 0.6) is 0 Å². The number of halogens is 2. The zero-order valence-corrected chi connectivity index (χ0v) is 19.1. The third-order valence-corrected chi connectivity index (χ3v) is 8.95. The Morgan fingerprint density at radius 2 is 1.00 bits per heavy atom. The van der Waals surface area contributed by atoms with Gasteiger partial charge in [-0.3, -0.25) is 0 Å². The van der Waals surface area contributed by atoms with Gasteiger partial charge in [0.05, 0.1) is 5.69 Å². The fraction of sp³-hybridized carbons (Fsp3) is 0.0833. The van der Waals surface area contributed by atoms with Crippen molar-refractivity contribution >= 4 is 17.8 Å². The zero-order chi connectivity index (χ0) is 17.8. The topological polar surface area (TPSA) is 22.3 Å². The predicted molar refractivity (Wildman–Crippen MR) is 105 cm³/mol. The molecule has 0 heterocycles. The van der Waals surface area contributed by atoms with Crippen molar-refractivity contribution < 1.29 is 48.0 Å². The van der Waals surface area contributed by atoms with Crippen molar-refractivity contribution in [2.24, 2.45) is 0 Å². The molecule has 0 spiro atoms. The molecule has 138 valence electrons. The van der Waals surface area contributed by atoms with Crippen LogP contribution >= 0.6 is 0 Å². The number of hydrogen-bond acceptors (Lipinski definition) is 0. The fourth-order valence-corrected chi connectivity index (χ4v) is 7.56. The van der Waals surface area contributed by atoms with Crippen molar-refractivity contribution in [1.29, 1.82) is 0 Å². The van der Waals surface area contributed by atoms with Crippen LogP contribution in [0.4, 0.5) is 5.69 Å². The molecule has 2 aliphatic carbocycles. The van der Waals surface area contributed by atoms with Crippen LogP contribution in [0.1, 0.15) is 29.5 Å². The summed E-state index contributed by atoms with van der Waals surface area (Å²) in [5.41, 5.74) is 14.9. The van der Waals surface area contributed by atoms with E-state index in [1.54, 1.807) is 35.4 Å². The summed E-state index contributed by atoms with van der Waals surface area (Å²) in [6.07, 6.45) is 9.49. The average Bonchev–Trinajstić information content (AvgIpc) is 3.28. The maximum absolute atomic E-state index is 8.63. The molecule has 0 bridgehead atoms. The number of nitrogens with zero attached hydrogens (tertiary/aromatic N) is 1. The first-order chi connectivity index (χ1) is 12.8. The van der Waals surface area contributed by atoms with Crippen molar-refractivity contribution in [1.82, 2.24) is 5.73 Å². The molecule has 1 nitrogen and oxygen atoms in total. The Morgan fingerprint density at radius 1 is 0.571 bits per heavy atom. The van der Waals surface area contributed by atoms with Gasteiger partial charge in [0.25, 0.3) is 0 Å². The van der Waals surface area contributed by atoms with E-state index >= 15 is 0 Å². The van der Waals surface area contributed by atoms with Crippen molar-refractivity contribution in [3.05, 3.63) is 113 Å². The maximum atomic E-state index is 8.63. The molecule has 2 radical (unpaired) electrons. The SMILES string of the molecule is C1=C[CH]([Zr+2][CH]2C=Cc3ccccc32)c2ccccc21.[Cl-].[Cl-].[N]c1ccccc1. The van der Waals surface area contributed by atoms with Crippen LogP contribution in [-0.2, 0) is 23.2 Å². The van der Waals surface area contributed by atoms with Crippen molar-refractivity contribution in [2.45, 2.75) is 7.25 Å². The van der Waals surface area contributed by atoms with E-state index < -0.39 is 23.2 Å². The Bertz CT molecular complexity index is 894. The normalized spacial score (nSPS) is 17.1. The van der Waals surface area contributed by atoms with Crippen LogP contribution in [0.2, 0.25) is 0 Å². The molecule has 0 aliphatic heterocycles. The number of rotatable bonds is 2. The smallest absolute Gasteiger partial charge is 0.0857 e. The van der Waals surface area contributed by atoms with E-state index in [0.717, 1.165) is 7.25 Å². The first-order valence-electron chi connectivity index (χ1n) is 8.85. The Hall–Kier alpha value is -1.60. The van der Waals surface area contributed by atoms with Gasteiger partial charge in [-0.1, -0.05) is 18.2 Å². The monoisotopic (exact) mass is 481 g/mol. The molecule has 0 fully saturated rings. The summed E-state index contributed by atoms with van der Waals surface area (Å²) in [7, 11) is 0. The minimum Gasteiger partial charge on any atom is -1.00 e. The van der Waals surface area contributed by atoms with Gasteiger partial charge in [-0.15, -0.1) is 0 Å². The van der Waals surface area contributed by atoms with Crippen LogP contribution in [0, 0.1) is 0 Å². The maximum Gasteiger partial charge on any atom is 0.0857 e. The van der Waals surface area contributed by atoms with Gasteiger partial charge >= 0.3 is 126 Å². The largest absolute Gasteiger partial charge is 1.00 e. The fourth-order valence-electron chi connectivity index (χ4n) is 3.41. The first-order valence-corrected chi connectivity index (χ1v) is 11.7. The molecule has 0 saturated carbocycles. The minimum absolute atomic E-state index is 0. The third kappa shape index (κ3) is 5.26. The van der Waals surface area contributed by atoms with E-state index in [1.807, 2.05) is 6.07 Å². The van der Waals surface area contributed by atoms with Crippen LogP contribution in [-0.4, -0.2) is 0 Å². The van der Waals surface area contributed by atoms with Gasteiger partial charge in [-0.05, 0) is 12.1 Å². The summed E-state index contributed by atoms with van der Waals surface area (Å²) >= 11 is -0.542. The summed E-state index contributed by atoms with van der Waals surface area (Å²) < 4.78 is 1.47. The van der Waals surface area contributed by atoms with Crippen LogP contribution < -0.4 is 30.5 Å². The molecule has 0 aromatic heterocycles. The molecule has 0 saturated heterocycles. The van der Waals surface area contributed by atoms with E-state index in [1.165, 1.54) is 11.1 Å². The standard InChI is InChI=1S/2C9H7.C6H5N.2ClH.Zr/c2*1-2-5-9-7-3-6-8(9)4-1;7-6-4-2-1-3-5-6;;;/h2*1-7H;1-5H;2*1H;/q;;;;;+2/p-2. The van der Waals surface area contributed by atoms with Gasteiger partial charge < -0.3 is 24.8 Å². The summed E-state index contributed by atoms with van der Waals surface area (Å²) in [6, 6.07) is 26.4. The molecule has 0 N–H and O–H groups in total. The molecule has 3 aromatic carbocycles.